The van der Waals surface area contributed by atoms with Crippen LogP contribution in [0.4, 0.5) is 0 Å². The van der Waals surface area contributed by atoms with Gasteiger partial charge in [-0.1, -0.05) is 15.9 Å². The molecule has 0 atom stereocenters. The molecule has 0 amide bonds. The van der Waals surface area contributed by atoms with E-state index in [-0.39, 0.29) is 0 Å². The summed E-state index contributed by atoms with van der Waals surface area (Å²) < 4.78 is 2.11. The molecule has 2 aromatic rings. The van der Waals surface area contributed by atoms with Crippen molar-refractivity contribution in [1.82, 2.24) is 0 Å². The highest BCUT2D eigenvalue weighted by molar-refractivity contribution is 9.10. The van der Waals surface area contributed by atoms with Crippen molar-refractivity contribution in [3.05, 3.63) is 33.1 Å². The van der Waals surface area contributed by atoms with E-state index in [1.54, 1.807) is 0 Å². The molecule has 0 saturated carbocycles. The molecule has 2 rings (SSSR count). The van der Waals surface area contributed by atoms with Crippen LogP contribution < -0.4 is 0 Å². The van der Waals surface area contributed by atoms with E-state index in [0.29, 0.717) is 5.88 Å². The molecule has 0 saturated heterocycles. The number of nitriles is 1. The van der Waals surface area contributed by atoms with E-state index < -0.39 is 0 Å². The Labute approximate surface area is 99.0 Å². The smallest absolute Gasteiger partial charge is 0.110 e. The van der Waals surface area contributed by atoms with E-state index in [9.17, 15) is 0 Å². The Kier molecular flexibility index (Phi) is 2.78. The van der Waals surface area contributed by atoms with Gasteiger partial charge in [0.05, 0.1) is 0 Å². The highest BCUT2D eigenvalue weighted by Gasteiger charge is 2.06. The lowest BCUT2D eigenvalue weighted by Gasteiger charge is -1.98. The molecule has 0 unspecified atom stereocenters. The minimum Gasteiger partial charge on any atom is -0.192 e. The quantitative estimate of drug-likeness (QED) is 0.718. The number of fused-ring (bicyclic) bond motifs is 1. The minimum atomic E-state index is 0.470. The van der Waals surface area contributed by atoms with Crippen molar-refractivity contribution in [1.29, 1.82) is 5.26 Å². The van der Waals surface area contributed by atoms with Crippen molar-refractivity contribution in [2.24, 2.45) is 0 Å². The van der Waals surface area contributed by atoms with Crippen LogP contribution in [-0.2, 0) is 5.88 Å². The van der Waals surface area contributed by atoms with Gasteiger partial charge >= 0.3 is 0 Å². The van der Waals surface area contributed by atoms with Gasteiger partial charge in [0.15, 0.2) is 0 Å². The largest absolute Gasteiger partial charge is 0.192 e. The topological polar surface area (TPSA) is 23.8 Å². The van der Waals surface area contributed by atoms with Gasteiger partial charge < -0.3 is 0 Å². The second-order valence-electron chi connectivity index (χ2n) is 2.83. The monoisotopic (exact) mass is 285 g/mol. The third-order valence-corrected chi connectivity index (χ3v) is 3.67. The molecule has 1 aromatic heterocycles. The van der Waals surface area contributed by atoms with Crippen LogP contribution in [0.3, 0.4) is 0 Å². The van der Waals surface area contributed by atoms with Gasteiger partial charge in [0.25, 0.3) is 0 Å². The summed E-state index contributed by atoms with van der Waals surface area (Å²) in [7, 11) is 0. The lowest BCUT2D eigenvalue weighted by atomic mass is 10.1. The van der Waals surface area contributed by atoms with Crippen molar-refractivity contribution < 1.29 is 0 Å². The zero-order valence-corrected chi connectivity index (χ0v) is 10.2. The molecule has 4 heteroatoms. The summed E-state index contributed by atoms with van der Waals surface area (Å²) in [6.45, 7) is 0. The minimum absolute atomic E-state index is 0.470. The second-order valence-corrected chi connectivity index (χ2v) is 5.10. The first kappa shape index (κ1) is 9.97. The third kappa shape index (κ3) is 1.66. The Morgan fingerprint density at radius 3 is 2.86 bits per heavy atom. The zero-order valence-electron chi connectivity index (χ0n) is 7.05. The number of halogens is 2. The molecule has 0 spiro atoms. The first-order valence-electron chi connectivity index (χ1n) is 3.92. The normalized spacial score (nSPS) is 10.4. The lowest BCUT2D eigenvalue weighted by molar-refractivity contribution is 1.45. The van der Waals surface area contributed by atoms with Gasteiger partial charge in [0.2, 0.25) is 0 Å². The predicted octanol–water partition coefficient (Wildman–Crippen LogP) is 4.27. The standard InChI is InChI=1S/C10H5BrClNS/c11-7-1-6(4-12)9-3-8(5-13)14-10(9)2-7/h1-3H,4H2. The van der Waals surface area contributed by atoms with Crippen LogP contribution in [0.25, 0.3) is 10.1 Å². The van der Waals surface area contributed by atoms with Crippen LogP contribution in [0.2, 0.25) is 0 Å². The third-order valence-electron chi connectivity index (χ3n) is 1.94. The van der Waals surface area contributed by atoms with Crippen LogP contribution in [0.15, 0.2) is 22.7 Å². The molecular formula is C10H5BrClNS. The zero-order chi connectivity index (χ0) is 10.1. The number of benzene rings is 1. The van der Waals surface area contributed by atoms with Gasteiger partial charge in [-0.15, -0.1) is 22.9 Å². The molecule has 0 radical (unpaired) electrons. The van der Waals surface area contributed by atoms with Gasteiger partial charge in [-0.05, 0) is 29.1 Å². The number of hydrogen-bond acceptors (Lipinski definition) is 2. The average molecular weight is 287 g/mol. The number of rotatable bonds is 1. The number of alkyl halides is 1. The summed E-state index contributed by atoms with van der Waals surface area (Å²) >= 11 is 10.7. The molecule has 0 N–H and O–H groups in total. The Balaban J connectivity index is 2.79. The maximum Gasteiger partial charge on any atom is 0.110 e. The fourth-order valence-corrected chi connectivity index (χ4v) is 3.16. The van der Waals surface area contributed by atoms with Crippen molar-refractivity contribution in [2.75, 3.05) is 0 Å². The molecule has 0 fully saturated rings. The summed E-state index contributed by atoms with van der Waals surface area (Å²) in [4.78, 5) is 0.726. The molecule has 0 aliphatic rings. The molecule has 0 aliphatic heterocycles. The lowest BCUT2D eigenvalue weighted by Crippen LogP contribution is -1.78. The van der Waals surface area contributed by atoms with Gasteiger partial charge in [-0.3, -0.25) is 0 Å². The summed E-state index contributed by atoms with van der Waals surface area (Å²) in [5.41, 5.74) is 1.06. The van der Waals surface area contributed by atoms with Gasteiger partial charge in [0.1, 0.15) is 10.9 Å². The maximum absolute atomic E-state index is 8.79. The summed E-state index contributed by atoms with van der Waals surface area (Å²) in [6.07, 6.45) is 0. The predicted molar refractivity (Wildman–Crippen MR) is 63.8 cm³/mol. The number of thiophene rings is 1. The number of hydrogen-bond donors (Lipinski definition) is 0. The molecule has 70 valence electrons. The van der Waals surface area contributed by atoms with Crippen LogP contribution in [0.1, 0.15) is 10.4 Å². The Morgan fingerprint density at radius 2 is 2.21 bits per heavy atom. The molecule has 1 heterocycles. The van der Waals surface area contributed by atoms with E-state index in [4.69, 9.17) is 16.9 Å². The van der Waals surface area contributed by atoms with Crippen LogP contribution >= 0.6 is 38.9 Å². The highest BCUT2D eigenvalue weighted by atomic mass is 79.9. The fourth-order valence-electron chi connectivity index (χ4n) is 1.34. The highest BCUT2D eigenvalue weighted by Crippen LogP contribution is 2.31. The summed E-state index contributed by atoms with van der Waals surface area (Å²) in [6, 6.07) is 8.04. The maximum atomic E-state index is 8.79. The van der Waals surface area contributed by atoms with Crippen LogP contribution in [0, 0.1) is 11.3 Å². The molecule has 1 aromatic carbocycles. The SMILES string of the molecule is N#Cc1cc2c(CCl)cc(Br)cc2s1. The first-order chi connectivity index (χ1) is 6.74. The van der Waals surface area contributed by atoms with Crippen molar-refractivity contribution in [3.63, 3.8) is 0 Å². The van der Waals surface area contributed by atoms with E-state index in [1.165, 1.54) is 11.3 Å². The molecular weight excluding hydrogens is 282 g/mol. The second kappa shape index (κ2) is 3.90. The summed E-state index contributed by atoms with van der Waals surface area (Å²) in [5.74, 6) is 0.470. The number of nitrogens with zero attached hydrogens (tertiary/aromatic N) is 1. The average Bonchev–Trinajstić information content (AvgIpc) is 2.59. The Bertz CT molecular complexity index is 527. The molecule has 0 bridgehead atoms. The van der Waals surface area contributed by atoms with Crippen LogP contribution in [-0.4, -0.2) is 0 Å². The van der Waals surface area contributed by atoms with E-state index in [2.05, 4.69) is 22.0 Å². The fraction of sp³-hybridized carbons (Fsp3) is 0.100. The molecule has 14 heavy (non-hydrogen) atoms. The van der Waals surface area contributed by atoms with Gasteiger partial charge in [-0.2, -0.15) is 5.26 Å². The van der Waals surface area contributed by atoms with Crippen molar-refractivity contribution in [2.45, 2.75) is 5.88 Å². The van der Waals surface area contributed by atoms with Crippen LogP contribution in [0.5, 0.6) is 0 Å². The van der Waals surface area contributed by atoms with E-state index >= 15 is 0 Å². The summed E-state index contributed by atoms with van der Waals surface area (Å²) in [5, 5.41) is 9.87. The van der Waals surface area contributed by atoms with Gasteiger partial charge in [0, 0.05) is 15.1 Å². The Hall–Kier alpha value is -0.560. The molecule has 1 nitrogen and oxygen atoms in total. The van der Waals surface area contributed by atoms with Crippen molar-refractivity contribution in [3.8, 4) is 6.07 Å². The van der Waals surface area contributed by atoms with Crippen molar-refractivity contribution >= 4 is 49.0 Å². The first-order valence-corrected chi connectivity index (χ1v) is 6.07. The van der Waals surface area contributed by atoms with E-state index in [0.717, 1.165) is 25.0 Å². The van der Waals surface area contributed by atoms with E-state index in [1.807, 2.05) is 18.2 Å². The van der Waals surface area contributed by atoms with Gasteiger partial charge in [-0.25, -0.2) is 0 Å². The Morgan fingerprint density at radius 1 is 1.43 bits per heavy atom. The molecule has 0 aliphatic carbocycles.